The molecule has 0 aliphatic heterocycles. The zero-order valence-electron chi connectivity index (χ0n) is 14.4. The molecule has 0 aliphatic carbocycles. The van der Waals surface area contributed by atoms with Gasteiger partial charge in [-0.2, -0.15) is 0 Å². The average Bonchev–Trinajstić information content (AvgIpc) is 3.14. The molecule has 27 heavy (non-hydrogen) atoms. The Labute approximate surface area is 169 Å². The third kappa shape index (κ3) is 6.01. The minimum atomic E-state index is -0.472. The van der Waals surface area contributed by atoms with Gasteiger partial charge < -0.3 is 10.1 Å². The summed E-state index contributed by atoms with van der Waals surface area (Å²) in [4.78, 5) is 28.3. The van der Waals surface area contributed by atoms with E-state index in [-0.39, 0.29) is 25.5 Å². The highest BCUT2D eigenvalue weighted by atomic mass is 79.9. The maximum Gasteiger partial charge on any atom is 0.325 e. The van der Waals surface area contributed by atoms with Gasteiger partial charge >= 0.3 is 5.97 Å². The number of rotatable bonds is 7. The Hall–Kier alpha value is -2.51. The summed E-state index contributed by atoms with van der Waals surface area (Å²) in [6, 6.07) is 17.2. The minimum Gasteiger partial charge on any atom is -0.460 e. The topological polar surface area (TPSA) is 68.3 Å². The molecule has 0 aliphatic rings. The van der Waals surface area contributed by atoms with Crippen LogP contribution in [0.25, 0.3) is 10.6 Å². The number of aromatic nitrogens is 1. The smallest absolute Gasteiger partial charge is 0.325 e. The molecular formula is C20H17BrN2O3S. The van der Waals surface area contributed by atoms with Crippen molar-refractivity contribution in [3.63, 3.8) is 0 Å². The normalized spacial score (nSPS) is 10.4. The monoisotopic (exact) mass is 444 g/mol. The number of nitrogens with zero attached hydrogens (tertiary/aromatic N) is 1. The lowest BCUT2D eigenvalue weighted by Crippen LogP contribution is -2.31. The van der Waals surface area contributed by atoms with Crippen LogP contribution in [0.1, 0.15) is 11.3 Å². The largest absolute Gasteiger partial charge is 0.460 e. The maximum atomic E-state index is 12.0. The van der Waals surface area contributed by atoms with E-state index in [1.54, 1.807) is 0 Å². The second kappa shape index (κ2) is 9.43. The van der Waals surface area contributed by atoms with Crippen molar-refractivity contribution in [3.8, 4) is 10.6 Å². The Morgan fingerprint density at radius 1 is 1.11 bits per heavy atom. The molecule has 1 heterocycles. The molecule has 0 saturated heterocycles. The number of hydrogen-bond acceptors (Lipinski definition) is 5. The Kier molecular flexibility index (Phi) is 6.73. The van der Waals surface area contributed by atoms with Gasteiger partial charge in [0.2, 0.25) is 5.91 Å². The summed E-state index contributed by atoms with van der Waals surface area (Å²) < 4.78 is 6.11. The van der Waals surface area contributed by atoms with Crippen LogP contribution in [-0.2, 0) is 27.4 Å². The molecule has 2 aromatic carbocycles. The Bertz CT molecular complexity index is 928. The van der Waals surface area contributed by atoms with Crippen LogP contribution in [0.4, 0.5) is 0 Å². The number of esters is 1. The van der Waals surface area contributed by atoms with Gasteiger partial charge in [0.15, 0.2) is 0 Å². The second-order valence-electron chi connectivity index (χ2n) is 5.75. The van der Waals surface area contributed by atoms with Crippen LogP contribution in [0.2, 0.25) is 0 Å². The second-order valence-corrected chi connectivity index (χ2v) is 7.53. The number of benzene rings is 2. The van der Waals surface area contributed by atoms with Crippen molar-refractivity contribution >= 4 is 39.1 Å². The van der Waals surface area contributed by atoms with Crippen LogP contribution in [0.15, 0.2) is 64.5 Å². The molecule has 1 amide bonds. The third-order valence-corrected chi connectivity index (χ3v) is 5.07. The molecule has 7 heteroatoms. The maximum absolute atomic E-state index is 12.0. The molecule has 0 unspecified atom stereocenters. The predicted molar refractivity (Wildman–Crippen MR) is 108 cm³/mol. The summed E-state index contributed by atoms with van der Waals surface area (Å²) in [5, 5.41) is 5.27. The van der Waals surface area contributed by atoms with Gasteiger partial charge in [0, 0.05) is 15.4 Å². The SMILES string of the molecule is O=C(Cc1csc(-c2cccc(Br)c2)n1)NCC(=O)OCc1ccccc1. The van der Waals surface area contributed by atoms with Gasteiger partial charge in [-0.25, -0.2) is 4.98 Å². The number of ether oxygens (including phenoxy) is 1. The van der Waals surface area contributed by atoms with E-state index >= 15 is 0 Å². The fourth-order valence-corrected chi connectivity index (χ4v) is 3.55. The number of halogens is 1. The van der Waals surface area contributed by atoms with Crippen LogP contribution in [-0.4, -0.2) is 23.4 Å². The summed E-state index contributed by atoms with van der Waals surface area (Å²) in [6.07, 6.45) is 0.121. The fraction of sp³-hybridized carbons (Fsp3) is 0.150. The lowest BCUT2D eigenvalue weighted by atomic mass is 10.2. The van der Waals surface area contributed by atoms with Crippen LogP contribution < -0.4 is 5.32 Å². The van der Waals surface area contributed by atoms with Crippen LogP contribution in [0, 0.1) is 0 Å². The lowest BCUT2D eigenvalue weighted by Gasteiger charge is -2.06. The first-order valence-corrected chi connectivity index (χ1v) is 9.94. The summed E-state index contributed by atoms with van der Waals surface area (Å²) in [5.41, 5.74) is 2.57. The van der Waals surface area contributed by atoms with Crippen molar-refractivity contribution in [1.29, 1.82) is 0 Å². The lowest BCUT2D eigenvalue weighted by molar-refractivity contribution is -0.145. The minimum absolute atomic E-state index is 0.121. The summed E-state index contributed by atoms with van der Waals surface area (Å²) in [6.45, 7) is 0.0336. The summed E-state index contributed by atoms with van der Waals surface area (Å²) in [5.74, 6) is -0.738. The average molecular weight is 445 g/mol. The van der Waals surface area contributed by atoms with Crippen molar-refractivity contribution in [2.75, 3.05) is 6.54 Å². The van der Waals surface area contributed by atoms with Gasteiger partial charge in [-0.1, -0.05) is 58.4 Å². The van der Waals surface area contributed by atoms with Gasteiger partial charge in [-0.15, -0.1) is 11.3 Å². The standard InChI is InChI=1S/C20H17BrN2O3S/c21-16-8-4-7-15(9-16)20-23-17(13-27-20)10-18(24)22-11-19(25)26-12-14-5-2-1-3-6-14/h1-9,13H,10-12H2,(H,22,24). The van der Waals surface area contributed by atoms with Crippen molar-refractivity contribution in [2.24, 2.45) is 0 Å². The van der Waals surface area contributed by atoms with E-state index in [2.05, 4.69) is 26.2 Å². The quantitative estimate of drug-likeness (QED) is 0.559. The van der Waals surface area contributed by atoms with Crippen molar-refractivity contribution in [1.82, 2.24) is 10.3 Å². The molecule has 0 saturated carbocycles. The molecule has 1 aromatic heterocycles. The molecule has 3 aromatic rings. The molecule has 0 atom stereocenters. The molecule has 3 rings (SSSR count). The Morgan fingerprint density at radius 2 is 1.93 bits per heavy atom. The van der Waals surface area contributed by atoms with Gasteiger partial charge in [0.05, 0.1) is 12.1 Å². The van der Waals surface area contributed by atoms with Crippen LogP contribution in [0.3, 0.4) is 0 Å². The molecular weight excluding hydrogens is 428 g/mol. The number of carbonyl (C=O) groups is 2. The van der Waals surface area contributed by atoms with E-state index in [0.29, 0.717) is 5.69 Å². The molecule has 0 fully saturated rings. The first-order chi connectivity index (χ1) is 13.1. The van der Waals surface area contributed by atoms with E-state index in [0.717, 1.165) is 20.6 Å². The summed E-state index contributed by atoms with van der Waals surface area (Å²) >= 11 is 4.92. The van der Waals surface area contributed by atoms with E-state index < -0.39 is 5.97 Å². The highest BCUT2D eigenvalue weighted by Gasteiger charge is 2.11. The van der Waals surface area contributed by atoms with Crippen molar-refractivity contribution in [3.05, 3.63) is 75.7 Å². The summed E-state index contributed by atoms with van der Waals surface area (Å²) in [7, 11) is 0. The first-order valence-electron chi connectivity index (χ1n) is 8.27. The highest BCUT2D eigenvalue weighted by Crippen LogP contribution is 2.26. The van der Waals surface area contributed by atoms with Gasteiger partial charge in [-0.3, -0.25) is 9.59 Å². The number of carbonyl (C=O) groups excluding carboxylic acids is 2. The zero-order chi connectivity index (χ0) is 19.1. The molecule has 0 bridgehead atoms. The van der Waals surface area contributed by atoms with Crippen LogP contribution in [0.5, 0.6) is 0 Å². The molecule has 138 valence electrons. The Balaban J connectivity index is 1.45. The molecule has 1 N–H and O–H groups in total. The van der Waals surface area contributed by atoms with Gasteiger partial charge in [-0.05, 0) is 17.7 Å². The Morgan fingerprint density at radius 3 is 2.70 bits per heavy atom. The van der Waals surface area contributed by atoms with Gasteiger partial charge in [0.25, 0.3) is 0 Å². The molecule has 0 radical (unpaired) electrons. The highest BCUT2D eigenvalue weighted by molar-refractivity contribution is 9.10. The molecule has 0 spiro atoms. The van der Waals surface area contributed by atoms with Gasteiger partial charge in [0.1, 0.15) is 18.2 Å². The third-order valence-electron chi connectivity index (χ3n) is 3.64. The number of nitrogens with one attached hydrogen (secondary N) is 1. The number of thiazole rings is 1. The van der Waals surface area contributed by atoms with E-state index in [1.807, 2.05) is 60.0 Å². The molecule has 5 nitrogen and oxygen atoms in total. The predicted octanol–water partition coefficient (Wildman–Crippen LogP) is 3.97. The fourth-order valence-electron chi connectivity index (χ4n) is 2.33. The van der Waals surface area contributed by atoms with Crippen LogP contribution >= 0.6 is 27.3 Å². The van der Waals surface area contributed by atoms with Crippen molar-refractivity contribution in [2.45, 2.75) is 13.0 Å². The number of amides is 1. The first kappa shape index (κ1) is 19.3. The van der Waals surface area contributed by atoms with E-state index in [1.165, 1.54) is 11.3 Å². The van der Waals surface area contributed by atoms with Crippen molar-refractivity contribution < 1.29 is 14.3 Å². The van der Waals surface area contributed by atoms with E-state index in [4.69, 9.17) is 4.74 Å². The number of hydrogen-bond donors (Lipinski definition) is 1. The van der Waals surface area contributed by atoms with E-state index in [9.17, 15) is 9.59 Å². The zero-order valence-corrected chi connectivity index (χ0v) is 16.8.